The molecule has 4 nitrogen and oxygen atoms in total. The summed E-state index contributed by atoms with van der Waals surface area (Å²) in [5.74, 6) is 0.892. The summed E-state index contributed by atoms with van der Waals surface area (Å²) in [4.78, 5) is 12.2. The molecule has 0 aliphatic rings. The molecule has 0 saturated carbocycles. The van der Waals surface area contributed by atoms with Crippen LogP contribution in [0.3, 0.4) is 0 Å². The molecular weight excluding hydrogens is 292 g/mol. The molecule has 0 saturated heterocycles. The van der Waals surface area contributed by atoms with Crippen molar-refractivity contribution in [2.24, 2.45) is 0 Å². The van der Waals surface area contributed by atoms with Crippen LogP contribution in [0.2, 0.25) is 5.02 Å². The van der Waals surface area contributed by atoms with Crippen molar-refractivity contribution >= 4 is 17.6 Å². The molecule has 0 bridgehead atoms. The Morgan fingerprint density at radius 3 is 2.10 bits per heavy atom. The second kappa shape index (κ2) is 6.50. The summed E-state index contributed by atoms with van der Waals surface area (Å²) in [7, 11) is 3.07. The SMILES string of the molecule is COc1cc(C(=O)Oc2ccccc2Cl)cc(OC)c1C. The number of hydrogen-bond donors (Lipinski definition) is 0. The lowest BCUT2D eigenvalue weighted by Gasteiger charge is -2.12. The Bertz CT molecular complexity index is 642. The molecule has 0 aromatic heterocycles. The van der Waals surface area contributed by atoms with E-state index in [-0.39, 0.29) is 0 Å². The van der Waals surface area contributed by atoms with E-state index in [0.717, 1.165) is 5.56 Å². The summed E-state index contributed by atoms with van der Waals surface area (Å²) in [6, 6.07) is 10.00. The molecule has 110 valence electrons. The van der Waals surface area contributed by atoms with Crippen molar-refractivity contribution < 1.29 is 19.0 Å². The van der Waals surface area contributed by atoms with Gasteiger partial charge in [0.05, 0.1) is 24.8 Å². The Morgan fingerprint density at radius 1 is 1.00 bits per heavy atom. The fourth-order valence-electron chi connectivity index (χ4n) is 1.89. The molecule has 21 heavy (non-hydrogen) atoms. The van der Waals surface area contributed by atoms with Crippen molar-refractivity contribution in [1.82, 2.24) is 0 Å². The average molecular weight is 307 g/mol. The highest BCUT2D eigenvalue weighted by atomic mass is 35.5. The van der Waals surface area contributed by atoms with Crippen molar-refractivity contribution in [3.8, 4) is 17.2 Å². The Hall–Kier alpha value is -2.20. The lowest BCUT2D eigenvalue weighted by atomic mass is 10.1. The van der Waals surface area contributed by atoms with Gasteiger partial charge in [0.1, 0.15) is 17.2 Å². The van der Waals surface area contributed by atoms with Gasteiger partial charge in [-0.15, -0.1) is 0 Å². The molecule has 0 amide bonds. The summed E-state index contributed by atoms with van der Waals surface area (Å²) in [5.41, 5.74) is 1.14. The van der Waals surface area contributed by atoms with Crippen LogP contribution in [0, 0.1) is 6.92 Å². The zero-order valence-electron chi connectivity index (χ0n) is 12.0. The summed E-state index contributed by atoms with van der Waals surface area (Å²) in [6.07, 6.45) is 0. The van der Waals surface area contributed by atoms with Gasteiger partial charge < -0.3 is 14.2 Å². The second-order valence-electron chi connectivity index (χ2n) is 4.33. The lowest BCUT2D eigenvalue weighted by Crippen LogP contribution is -2.10. The normalized spacial score (nSPS) is 10.1. The first-order chi connectivity index (χ1) is 10.1. The minimum atomic E-state index is -0.528. The highest BCUT2D eigenvalue weighted by Crippen LogP contribution is 2.30. The van der Waals surface area contributed by atoms with Crippen LogP contribution in [0.25, 0.3) is 0 Å². The summed E-state index contributed by atoms with van der Waals surface area (Å²) in [6.45, 7) is 1.85. The molecule has 0 unspecified atom stereocenters. The topological polar surface area (TPSA) is 44.8 Å². The van der Waals surface area contributed by atoms with E-state index in [0.29, 0.717) is 27.8 Å². The molecule has 0 spiro atoms. The average Bonchev–Trinajstić information content (AvgIpc) is 2.49. The maximum absolute atomic E-state index is 12.2. The zero-order valence-corrected chi connectivity index (χ0v) is 12.7. The number of esters is 1. The zero-order chi connectivity index (χ0) is 15.4. The first-order valence-electron chi connectivity index (χ1n) is 6.26. The molecule has 0 aliphatic heterocycles. The first-order valence-corrected chi connectivity index (χ1v) is 6.64. The summed E-state index contributed by atoms with van der Waals surface area (Å²) in [5, 5.41) is 0.372. The van der Waals surface area contributed by atoms with E-state index in [1.807, 2.05) is 6.92 Å². The van der Waals surface area contributed by atoms with E-state index in [9.17, 15) is 4.79 Å². The highest BCUT2D eigenvalue weighted by molar-refractivity contribution is 6.32. The van der Waals surface area contributed by atoms with Crippen molar-refractivity contribution in [2.45, 2.75) is 6.92 Å². The number of carbonyl (C=O) groups excluding carboxylic acids is 1. The number of hydrogen-bond acceptors (Lipinski definition) is 4. The minimum absolute atomic E-state index is 0.308. The minimum Gasteiger partial charge on any atom is -0.496 e. The molecule has 2 rings (SSSR count). The molecule has 0 aliphatic carbocycles. The fourth-order valence-corrected chi connectivity index (χ4v) is 2.06. The van der Waals surface area contributed by atoms with Gasteiger partial charge in [-0.05, 0) is 31.2 Å². The van der Waals surface area contributed by atoms with Crippen LogP contribution < -0.4 is 14.2 Å². The number of halogens is 1. The predicted molar refractivity (Wildman–Crippen MR) is 80.7 cm³/mol. The largest absolute Gasteiger partial charge is 0.496 e. The molecule has 2 aromatic rings. The number of para-hydroxylation sites is 1. The Labute approximate surface area is 128 Å². The van der Waals surface area contributed by atoms with E-state index in [4.69, 9.17) is 25.8 Å². The molecule has 0 heterocycles. The molecular formula is C16H15ClO4. The Kier molecular flexibility index (Phi) is 4.70. The van der Waals surface area contributed by atoms with Gasteiger partial charge in [0.25, 0.3) is 0 Å². The van der Waals surface area contributed by atoms with E-state index in [2.05, 4.69) is 0 Å². The maximum Gasteiger partial charge on any atom is 0.343 e. The second-order valence-corrected chi connectivity index (χ2v) is 4.73. The van der Waals surface area contributed by atoms with E-state index in [1.165, 1.54) is 14.2 Å². The van der Waals surface area contributed by atoms with Crippen LogP contribution in [0.15, 0.2) is 36.4 Å². The van der Waals surface area contributed by atoms with Crippen molar-refractivity contribution in [3.05, 3.63) is 52.5 Å². The quantitative estimate of drug-likeness (QED) is 0.635. The standard InChI is InChI=1S/C16H15ClO4/c1-10-14(19-2)8-11(9-15(10)20-3)16(18)21-13-7-5-4-6-12(13)17/h4-9H,1-3H3. The van der Waals surface area contributed by atoms with Gasteiger partial charge in [-0.3, -0.25) is 0 Å². The van der Waals surface area contributed by atoms with Gasteiger partial charge in [-0.1, -0.05) is 23.7 Å². The number of carbonyl (C=O) groups is 1. The van der Waals surface area contributed by atoms with Gasteiger partial charge in [0.2, 0.25) is 0 Å². The van der Waals surface area contributed by atoms with Crippen LogP contribution in [-0.2, 0) is 0 Å². The van der Waals surface area contributed by atoms with Crippen LogP contribution >= 0.6 is 11.6 Å². The number of rotatable bonds is 4. The number of methoxy groups -OCH3 is 2. The van der Waals surface area contributed by atoms with Crippen molar-refractivity contribution in [3.63, 3.8) is 0 Å². The molecule has 2 aromatic carbocycles. The van der Waals surface area contributed by atoms with Crippen LogP contribution in [-0.4, -0.2) is 20.2 Å². The van der Waals surface area contributed by atoms with Gasteiger partial charge in [-0.2, -0.15) is 0 Å². The smallest absolute Gasteiger partial charge is 0.343 e. The van der Waals surface area contributed by atoms with Crippen molar-refractivity contribution in [2.75, 3.05) is 14.2 Å². The van der Waals surface area contributed by atoms with Crippen LogP contribution in [0.1, 0.15) is 15.9 Å². The summed E-state index contributed by atoms with van der Waals surface area (Å²) < 4.78 is 15.8. The van der Waals surface area contributed by atoms with E-state index >= 15 is 0 Å². The molecule has 0 atom stereocenters. The number of benzene rings is 2. The Balaban J connectivity index is 2.33. The van der Waals surface area contributed by atoms with E-state index < -0.39 is 5.97 Å². The molecule has 0 N–H and O–H groups in total. The van der Waals surface area contributed by atoms with Crippen molar-refractivity contribution in [1.29, 1.82) is 0 Å². The summed E-state index contributed by atoms with van der Waals surface area (Å²) >= 11 is 5.97. The van der Waals surface area contributed by atoms with Gasteiger partial charge in [0.15, 0.2) is 0 Å². The molecule has 0 fully saturated rings. The third-order valence-electron chi connectivity index (χ3n) is 3.03. The Morgan fingerprint density at radius 2 is 1.57 bits per heavy atom. The third-order valence-corrected chi connectivity index (χ3v) is 3.34. The first kappa shape index (κ1) is 15.2. The van der Waals surface area contributed by atoms with Gasteiger partial charge >= 0.3 is 5.97 Å². The monoisotopic (exact) mass is 306 g/mol. The van der Waals surface area contributed by atoms with Crippen LogP contribution in [0.4, 0.5) is 0 Å². The van der Waals surface area contributed by atoms with Crippen LogP contribution in [0.5, 0.6) is 17.2 Å². The fraction of sp³-hybridized carbons (Fsp3) is 0.188. The van der Waals surface area contributed by atoms with Gasteiger partial charge in [0, 0.05) is 5.56 Å². The predicted octanol–water partition coefficient (Wildman–Crippen LogP) is 3.88. The lowest BCUT2D eigenvalue weighted by molar-refractivity contribution is 0.0734. The molecule has 0 radical (unpaired) electrons. The van der Waals surface area contributed by atoms with E-state index in [1.54, 1.807) is 36.4 Å². The molecule has 5 heteroatoms. The highest BCUT2D eigenvalue weighted by Gasteiger charge is 2.16. The maximum atomic E-state index is 12.2. The third kappa shape index (κ3) is 3.28. The van der Waals surface area contributed by atoms with Gasteiger partial charge in [-0.25, -0.2) is 4.79 Å². The number of ether oxygens (including phenoxy) is 3.